The van der Waals surface area contributed by atoms with E-state index in [9.17, 15) is 9.59 Å². The zero-order chi connectivity index (χ0) is 16.2. The Kier molecular flexibility index (Phi) is 4.38. The van der Waals surface area contributed by atoms with Crippen molar-refractivity contribution in [3.05, 3.63) is 47.8 Å². The van der Waals surface area contributed by atoms with E-state index in [0.717, 1.165) is 0 Å². The molecule has 0 saturated carbocycles. The van der Waals surface area contributed by atoms with Crippen LogP contribution in [0.3, 0.4) is 0 Å². The average Bonchev–Trinajstić information content (AvgIpc) is 3.00. The van der Waals surface area contributed by atoms with Gasteiger partial charge in [0.25, 0.3) is 11.8 Å². The summed E-state index contributed by atoms with van der Waals surface area (Å²) in [5.41, 5.74) is 1.05. The van der Waals surface area contributed by atoms with Gasteiger partial charge in [-0.05, 0) is 24.3 Å². The van der Waals surface area contributed by atoms with Gasteiger partial charge in [-0.15, -0.1) is 0 Å². The van der Waals surface area contributed by atoms with Gasteiger partial charge in [-0.25, -0.2) is 4.98 Å². The van der Waals surface area contributed by atoms with Crippen molar-refractivity contribution in [1.29, 1.82) is 0 Å². The van der Waals surface area contributed by atoms with Crippen LogP contribution in [0.1, 0.15) is 20.7 Å². The van der Waals surface area contributed by atoms with Gasteiger partial charge in [-0.3, -0.25) is 14.9 Å². The van der Waals surface area contributed by atoms with E-state index in [0.29, 0.717) is 43.4 Å². The van der Waals surface area contributed by atoms with E-state index in [4.69, 9.17) is 4.74 Å². The second kappa shape index (κ2) is 6.62. The molecule has 1 fully saturated rings. The van der Waals surface area contributed by atoms with Crippen molar-refractivity contribution in [2.24, 2.45) is 7.05 Å². The molecule has 1 aromatic carbocycles. The van der Waals surface area contributed by atoms with Crippen molar-refractivity contribution >= 4 is 17.8 Å². The Morgan fingerprint density at radius 3 is 2.39 bits per heavy atom. The minimum Gasteiger partial charge on any atom is -0.378 e. The first-order valence-electron chi connectivity index (χ1n) is 7.41. The number of hydrogen-bond donors (Lipinski definition) is 1. The Morgan fingerprint density at radius 2 is 1.78 bits per heavy atom. The lowest BCUT2D eigenvalue weighted by atomic mass is 10.1. The third kappa shape index (κ3) is 3.40. The fourth-order valence-electron chi connectivity index (χ4n) is 2.37. The van der Waals surface area contributed by atoms with Crippen LogP contribution in [0.25, 0.3) is 0 Å². The highest BCUT2D eigenvalue weighted by Crippen LogP contribution is 2.11. The Balaban J connectivity index is 1.67. The summed E-state index contributed by atoms with van der Waals surface area (Å²) in [4.78, 5) is 30.3. The van der Waals surface area contributed by atoms with E-state index in [2.05, 4.69) is 10.3 Å². The molecule has 1 saturated heterocycles. The van der Waals surface area contributed by atoms with E-state index < -0.39 is 0 Å². The van der Waals surface area contributed by atoms with Crippen molar-refractivity contribution in [3.63, 3.8) is 0 Å². The lowest BCUT2D eigenvalue weighted by molar-refractivity contribution is 0.0303. The summed E-state index contributed by atoms with van der Waals surface area (Å²) in [5, 5.41) is 2.72. The number of carbonyl (C=O) groups is 2. The zero-order valence-corrected chi connectivity index (χ0v) is 12.9. The number of aryl methyl sites for hydroxylation is 1. The Morgan fingerprint density at radius 1 is 1.13 bits per heavy atom. The topological polar surface area (TPSA) is 76.5 Å². The van der Waals surface area contributed by atoms with Crippen LogP contribution in [0.15, 0.2) is 36.7 Å². The van der Waals surface area contributed by atoms with Gasteiger partial charge in [-0.1, -0.05) is 0 Å². The summed E-state index contributed by atoms with van der Waals surface area (Å²) in [5.74, 6) is 0.178. The fourth-order valence-corrected chi connectivity index (χ4v) is 2.37. The third-order valence-electron chi connectivity index (χ3n) is 3.74. The molecule has 2 aromatic rings. The van der Waals surface area contributed by atoms with Gasteiger partial charge in [0.1, 0.15) is 0 Å². The summed E-state index contributed by atoms with van der Waals surface area (Å²) >= 11 is 0. The smallest absolute Gasteiger partial charge is 0.257 e. The first-order valence-corrected chi connectivity index (χ1v) is 7.41. The highest BCUT2D eigenvalue weighted by atomic mass is 16.5. The first-order chi connectivity index (χ1) is 11.1. The number of rotatable bonds is 3. The zero-order valence-electron chi connectivity index (χ0n) is 12.9. The van der Waals surface area contributed by atoms with E-state index >= 15 is 0 Å². The lowest BCUT2D eigenvalue weighted by Crippen LogP contribution is -2.40. The number of nitrogens with one attached hydrogen (secondary N) is 1. The van der Waals surface area contributed by atoms with Crippen LogP contribution in [0, 0.1) is 0 Å². The van der Waals surface area contributed by atoms with Crippen molar-refractivity contribution in [2.45, 2.75) is 0 Å². The third-order valence-corrected chi connectivity index (χ3v) is 3.74. The average molecular weight is 314 g/mol. The normalized spacial score (nSPS) is 14.6. The predicted octanol–water partition coefficient (Wildman–Crippen LogP) is 1.14. The first kappa shape index (κ1) is 15.2. The number of carbonyl (C=O) groups excluding carboxylic acids is 2. The fraction of sp³-hybridized carbons (Fsp3) is 0.312. The van der Waals surface area contributed by atoms with Crippen molar-refractivity contribution < 1.29 is 14.3 Å². The quantitative estimate of drug-likeness (QED) is 0.922. The van der Waals surface area contributed by atoms with Gasteiger partial charge in [0, 0.05) is 43.7 Å². The van der Waals surface area contributed by atoms with Crippen LogP contribution >= 0.6 is 0 Å². The molecule has 1 aromatic heterocycles. The van der Waals surface area contributed by atoms with E-state index in [-0.39, 0.29) is 11.8 Å². The van der Waals surface area contributed by atoms with Gasteiger partial charge in [-0.2, -0.15) is 0 Å². The highest BCUT2D eigenvalue weighted by Gasteiger charge is 2.18. The molecule has 2 amide bonds. The summed E-state index contributed by atoms with van der Waals surface area (Å²) < 4.78 is 6.96. The lowest BCUT2D eigenvalue weighted by Gasteiger charge is -2.26. The Bertz CT molecular complexity index is 702. The maximum absolute atomic E-state index is 12.3. The number of nitrogens with zero attached hydrogens (tertiary/aromatic N) is 3. The number of amides is 2. The van der Waals surface area contributed by atoms with Gasteiger partial charge in [0.2, 0.25) is 5.95 Å². The molecule has 0 radical (unpaired) electrons. The second-order valence-corrected chi connectivity index (χ2v) is 5.30. The summed E-state index contributed by atoms with van der Waals surface area (Å²) in [6.45, 7) is 2.33. The number of hydrogen-bond acceptors (Lipinski definition) is 4. The molecule has 120 valence electrons. The van der Waals surface area contributed by atoms with Gasteiger partial charge >= 0.3 is 0 Å². The largest absolute Gasteiger partial charge is 0.378 e. The summed E-state index contributed by atoms with van der Waals surface area (Å²) in [6, 6.07) is 6.63. The number of morpholine rings is 1. The summed E-state index contributed by atoms with van der Waals surface area (Å²) in [6.07, 6.45) is 3.36. The second-order valence-electron chi connectivity index (χ2n) is 5.30. The van der Waals surface area contributed by atoms with E-state index in [1.54, 1.807) is 53.2 Å². The van der Waals surface area contributed by atoms with Crippen LogP contribution < -0.4 is 5.32 Å². The SMILES string of the molecule is Cn1ccnc1NC(=O)c1ccc(C(=O)N2CCOCC2)cc1. The molecule has 0 spiro atoms. The molecule has 2 heterocycles. The Labute approximate surface area is 133 Å². The Hall–Kier alpha value is -2.67. The monoisotopic (exact) mass is 314 g/mol. The van der Waals surface area contributed by atoms with E-state index in [1.807, 2.05) is 0 Å². The van der Waals surface area contributed by atoms with Gasteiger partial charge in [0.05, 0.1) is 13.2 Å². The van der Waals surface area contributed by atoms with E-state index in [1.165, 1.54) is 0 Å². The van der Waals surface area contributed by atoms with Gasteiger partial charge in [0.15, 0.2) is 0 Å². The van der Waals surface area contributed by atoms with Crippen molar-refractivity contribution in [3.8, 4) is 0 Å². The number of imidazole rings is 1. The minimum atomic E-state index is -0.260. The minimum absolute atomic E-state index is 0.0376. The van der Waals surface area contributed by atoms with Crippen LogP contribution in [0.2, 0.25) is 0 Å². The molecule has 1 aliphatic heterocycles. The number of ether oxygens (including phenoxy) is 1. The molecular weight excluding hydrogens is 296 g/mol. The number of benzene rings is 1. The number of aromatic nitrogens is 2. The highest BCUT2D eigenvalue weighted by molar-refractivity contribution is 6.04. The predicted molar refractivity (Wildman–Crippen MR) is 84.3 cm³/mol. The molecule has 0 aliphatic carbocycles. The van der Waals surface area contributed by atoms with Crippen LogP contribution in [-0.4, -0.2) is 52.6 Å². The maximum atomic E-state index is 12.3. The molecule has 0 unspecified atom stereocenters. The van der Waals surface area contributed by atoms with Crippen LogP contribution in [0.5, 0.6) is 0 Å². The standard InChI is InChI=1S/C16H18N4O3/c1-19-7-6-17-16(19)18-14(21)12-2-4-13(5-3-12)15(22)20-8-10-23-11-9-20/h2-7H,8-11H2,1H3,(H,17,18,21). The molecular formula is C16H18N4O3. The molecule has 0 bridgehead atoms. The number of anilines is 1. The summed E-state index contributed by atoms with van der Waals surface area (Å²) in [7, 11) is 1.80. The molecule has 7 heteroatoms. The molecule has 3 rings (SSSR count). The van der Waals surface area contributed by atoms with Crippen LogP contribution in [-0.2, 0) is 11.8 Å². The van der Waals surface area contributed by atoms with Gasteiger partial charge < -0.3 is 14.2 Å². The van der Waals surface area contributed by atoms with Crippen LogP contribution in [0.4, 0.5) is 5.95 Å². The molecule has 0 atom stereocenters. The molecule has 1 N–H and O–H groups in total. The van der Waals surface area contributed by atoms with Crippen molar-refractivity contribution in [2.75, 3.05) is 31.6 Å². The molecule has 1 aliphatic rings. The maximum Gasteiger partial charge on any atom is 0.257 e. The van der Waals surface area contributed by atoms with Crippen molar-refractivity contribution in [1.82, 2.24) is 14.5 Å². The molecule has 23 heavy (non-hydrogen) atoms. The molecule has 7 nitrogen and oxygen atoms in total.